The molecule has 0 aromatic heterocycles. The highest BCUT2D eigenvalue weighted by Gasteiger charge is 2.22. The predicted octanol–water partition coefficient (Wildman–Crippen LogP) is 0.617. The van der Waals surface area contributed by atoms with E-state index in [2.05, 4.69) is 4.72 Å². The van der Waals surface area contributed by atoms with Gasteiger partial charge in [0, 0.05) is 24.3 Å². The van der Waals surface area contributed by atoms with Crippen molar-refractivity contribution in [1.82, 2.24) is 9.62 Å². The van der Waals surface area contributed by atoms with Crippen molar-refractivity contribution < 1.29 is 17.6 Å². The Balaban J connectivity index is 2.09. The third kappa shape index (κ3) is 3.51. The number of nitrogens with zero attached hydrogens (tertiary/aromatic N) is 1. The van der Waals surface area contributed by atoms with Gasteiger partial charge >= 0.3 is 0 Å². The lowest BCUT2D eigenvalue weighted by Gasteiger charge is -2.15. The lowest BCUT2D eigenvalue weighted by Crippen LogP contribution is -2.38. The van der Waals surface area contributed by atoms with E-state index in [9.17, 15) is 17.6 Å². The summed E-state index contributed by atoms with van der Waals surface area (Å²) >= 11 is 0. The van der Waals surface area contributed by atoms with Gasteiger partial charge in [0.15, 0.2) is 0 Å². The summed E-state index contributed by atoms with van der Waals surface area (Å²) in [5.74, 6) is -0.974. The Labute approximate surface area is 123 Å². The molecule has 0 spiro atoms. The van der Waals surface area contributed by atoms with Gasteiger partial charge in [-0.1, -0.05) is 0 Å². The quantitative estimate of drug-likeness (QED) is 0.797. The Morgan fingerprint density at radius 2 is 2.00 bits per heavy atom. The Hall–Kier alpha value is -1.67. The van der Waals surface area contributed by atoms with Crippen LogP contribution in [0, 0.1) is 12.7 Å². The van der Waals surface area contributed by atoms with Gasteiger partial charge in [0.2, 0.25) is 15.9 Å². The van der Waals surface area contributed by atoms with Gasteiger partial charge < -0.3 is 10.6 Å². The lowest BCUT2D eigenvalue weighted by atomic mass is 10.2. The largest absolute Gasteiger partial charge is 0.398 e. The van der Waals surface area contributed by atoms with Crippen molar-refractivity contribution in [1.29, 1.82) is 0 Å². The van der Waals surface area contributed by atoms with Crippen LogP contribution in [0.25, 0.3) is 0 Å². The summed E-state index contributed by atoms with van der Waals surface area (Å²) in [7, 11) is -3.96. The van der Waals surface area contributed by atoms with Gasteiger partial charge in [0.25, 0.3) is 0 Å². The molecule has 2 rings (SSSR count). The first-order chi connectivity index (χ1) is 9.81. The molecule has 0 atom stereocenters. The predicted molar refractivity (Wildman–Crippen MR) is 76.6 cm³/mol. The van der Waals surface area contributed by atoms with Crippen molar-refractivity contribution in [2.75, 3.05) is 25.4 Å². The maximum atomic E-state index is 13.6. The zero-order valence-corrected chi connectivity index (χ0v) is 12.5. The van der Waals surface area contributed by atoms with E-state index in [-0.39, 0.29) is 28.6 Å². The number of sulfonamides is 1. The topological polar surface area (TPSA) is 92.5 Å². The molecule has 1 aliphatic heterocycles. The second kappa shape index (κ2) is 5.98. The molecular formula is C13H18FN3O3S. The van der Waals surface area contributed by atoms with Crippen LogP contribution in [0.5, 0.6) is 0 Å². The molecular weight excluding hydrogens is 297 g/mol. The summed E-state index contributed by atoms with van der Waals surface area (Å²) < 4.78 is 39.9. The molecule has 1 saturated heterocycles. The first-order valence-corrected chi connectivity index (χ1v) is 8.12. The highest BCUT2D eigenvalue weighted by atomic mass is 32.2. The molecule has 1 aliphatic rings. The first kappa shape index (κ1) is 15.7. The minimum Gasteiger partial charge on any atom is -0.398 e. The van der Waals surface area contributed by atoms with Crippen molar-refractivity contribution in [3.63, 3.8) is 0 Å². The highest BCUT2D eigenvalue weighted by molar-refractivity contribution is 7.89. The summed E-state index contributed by atoms with van der Waals surface area (Å²) in [4.78, 5) is 13.1. The minimum absolute atomic E-state index is 0.0567. The van der Waals surface area contributed by atoms with E-state index < -0.39 is 15.8 Å². The zero-order chi connectivity index (χ0) is 15.6. The number of anilines is 1. The molecule has 1 aromatic rings. The van der Waals surface area contributed by atoms with E-state index in [1.165, 1.54) is 13.0 Å². The number of carbonyl (C=O) groups is 1. The fraction of sp³-hybridized carbons (Fsp3) is 0.462. The molecule has 21 heavy (non-hydrogen) atoms. The molecule has 6 nitrogen and oxygen atoms in total. The van der Waals surface area contributed by atoms with Crippen molar-refractivity contribution in [2.24, 2.45) is 0 Å². The summed E-state index contributed by atoms with van der Waals surface area (Å²) in [6, 6.07) is 2.08. The number of hydrogen-bond donors (Lipinski definition) is 2. The van der Waals surface area contributed by atoms with E-state index >= 15 is 0 Å². The van der Waals surface area contributed by atoms with Crippen LogP contribution >= 0.6 is 0 Å². The molecule has 0 saturated carbocycles. The van der Waals surface area contributed by atoms with Crippen LogP contribution in [-0.2, 0) is 14.8 Å². The molecule has 1 fully saturated rings. The van der Waals surface area contributed by atoms with Crippen LogP contribution in [0.4, 0.5) is 10.1 Å². The van der Waals surface area contributed by atoms with Gasteiger partial charge in [0.05, 0.1) is 11.4 Å². The number of nitrogens with two attached hydrogens (primary N) is 1. The highest BCUT2D eigenvalue weighted by Crippen LogP contribution is 2.20. The van der Waals surface area contributed by atoms with Gasteiger partial charge in [-0.3, -0.25) is 4.79 Å². The minimum atomic E-state index is -3.96. The van der Waals surface area contributed by atoms with Crippen molar-refractivity contribution >= 4 is 21.6 Å². The molecule has 0 radical (unpaired) electrons. The fourth-order valence-electron chi connectivity index (χ4n) is 2.15. The van der Waals surface area contributed by atoms with Crippen molar-refractivity contribution in [3.05, 3.63) is 23.5 Å². The number of halogens is 1. The third-order valence-electron chi connectivity index (χ3n) is 3.54. The van der Waals surface area contributed by atoms with E-state index in [4.69, 9.17) is 5.73 Å². The second-order valence-electron chi connectivity index (χ2n) is 5.03. The number of nitrogen functional groups attached to an aromatic ring is 1. The Morgan fingerprint density at radius 3 is 2.57 bits per heavy atom. The maximum absolute atomic E-state index is 13.6. The van der Waals surface area contributed by atoms with Crippen molar-refractivity contribution in [2.45, 2.75) is 24.7 Å². The molecule has 0 bridgehead atoms. The smallest absolute Gasteiger partial charge is 0.241 e. The monoisotopic (exact) mass is 315 g/mol. The van der Waals surface area contributed by atoms with Crippen LogP contribution < -0.4 is 10.5 Å². The standard InChI is InChI=1S/C13H18FN3O3S/c1-9-11(14)6-10(7-12(9)15)21(19,20)16-8-13(18)17-4-2-3-5-17/h6-7,16H,2-5,8,15H2,1H3. The average molecular weight is 315 g/mol. The third-order valence-corrected chi connectivity index (χ3v) is 4.92. The molecule has 1 aromatic carbocycles. The number of rotatable bonds is 4. The van der Waals surface area contributed by atoms with Crippen LogP contribution in [0.15, 0.2) is 17.0 Å². The summed E-state index contributed by atoms with van der Waals surface area (Å²) in [5.41, 5.74) is 5.82. The van der Waals surface area contributed by atoms with Crippen LogP contribution in [0.3, 0.4) is 0 Å². The number of carbonyl (C=O) groups excluding carboxylic acids is 1. The van der Waals surface area contributed by atoms with Gasteiger partial charge in [-0.25, -0.2) is 17.5 Å². The Morgan fingerprint density at radius 1 is 1.38 bits per heavy atom. The lowest BCUT2D eigenvalue weighted by molar-refractivity contribution is -0.128. The normalized spacial score (nSPS) is 15.4. The van der Waals surface area contributed by atoms with Gasteiger partial charge in [0.1, 0.15) is 5.82 Å². The Kier molecular flexibility index (Phi) is 4.48. The molecule has 1 heterocycles. The summed E-state index contributed by atoms with van der Waals surface area (Å²) in [6.45, 7) is 2.42. The summed E-state index contributed by atoms with van der Waals surface area (Å²) in [6.07, 6.45) is 1.86. The summed E-state index contributed by atoms with van der Waals surface area (Å²) in [5, 5.41) is 0. The zero-order valence-electron chi connectivity index (χ0n) is 11.7. The molecule has 1 amide bonds. The van der Waals surface area contributed by atoms with E-state index in [1.54, 1.807) is 4.90 Å². The van der Waals surface area contributed by atoms with Crippen LogP contribution in [0.1, 0.15) is 18.4 Å². The van der Waals surface area contributed by atoms with E-state index in [1.807, 2.05) is 0 Å². The second-order valence-corrected chi connectivity index (χ2v) is 6.80. The maximum Gasteiger partial charge on any atom is 0.241 e. The molecule has 0 aliphatic carbocycles. The number of likely N-dealkylation sites (tertiary alicyclic amines) is 1. The number of hydrogen-bond acceptors (Lipinski definition) is 4. The van der Waals surface area contributed by atoms with Gasteiger partial charge in [-0.05, 0) is 31.9 Å². The van der Waals surface area contributed by atoms with Crippen molar-refractivity contribution in [3.8, 4) is 0 Å². The van der Waals surface area contributed by atoms with Gasteiger partial charge in [-0.15, -0.1) is 0 Å². The number of amides is 1. The number of nitrogens with one attached hydrogen (secondary N) is 1. The Bertz CT molecular complexity index is 632. The fourth-order valence-corrected chi connectivity index (χ4v) is 3.17. The van der Waals surface area contributed by atoms with E-state index in [0.717, 1.165) is 18.9 Å². The molecule has 3 N–H and O–H groups in total. The van der Waals surface area contributed by atoms with Gasteiger partial charge in [-0.2, -0.15) is 0 Å². The molecule has 116 valence electrons. The average Bonchev–Trinajstić information content (AvgIpc) is 2.95. The molecule has 0 unspecified atom stereocenters. The van der Waals surface area contributed by atoms with E-state index in [0.29, 0.717) is 13.1 Å². The first-order valence-electron chi connectivity index (χ1n) is 6.64. The number of benzene rings is 1. The van der Waals surface area contributed by atoms with Crippen LogP contribution in [0.2, 0.25) is 0 Å². The SMILES string of the molecule is Cc1c(N)cc(S(=O)(=O)NCC(=O)N2CCCC2)cc1F. The molecule has 8 heteroatoms. The van der Waals surface area contributed by atoms with Crippen LogP contribution in [-0.4, -0.2) is 38.9 Å².